The van der Waals surface area contributed by atoms with Crippen molar-refractivity contribution >= 4 is 17.5 Å². The Labute approximate surface area is 134 Å². The first-order valence-electron chi connectivity index (χ1n) is 7.41. The number of nitrogens with one attached hydrogen (secondary N) is 2. The van der Waals surface area contributed by atoms with Crippen molar-refractivity contribution in [2.75, 3.05) is 11.9 Å². The molecule has 0 atom stereocenters. The molecule has 2 aromatic rings. The van der Waals surface area contributed by atoms with Crippen LogP contribution in [0.5, 0.6) is 0 Å². The number of aryl methyl sites for hydroxylation is 1. The van der Waals surface area contributed by atoms with Gasteiger partial charge in [0.05, 0.1) is 12.1 Å². The van der Waals surface area contributed by atoms with Crippen molar-refractivity contribution in [3.8, 4) is 0 Å². The highest BCUT2D eigenvalue weighted by atomic mass is 19.1. The molecule has 0 unspecified atom stereocenters. The topological polar surface area (TPSA) is 58.2 Å². The van der Waals surface area contributed by atoms with Crippen molar-refractivity contribution in [3.63, 3.8) is 0 Å². The average Bonchev–Trinajstić information content (AvgIpc) is 2.51. The Hall–Kier alpha value is -2.69. The van der Waals surface area contributed by atoms with Crippen LogP contribution in [-0.4, -0.2) is 18.4 Å². The summed E-state index contributed by atoms with van der Waals surface area (Å²) < 4.78 is 13.6. The van der Waals surface area contributed by atoms with E-state index in [1.54, 1.807) is 13.0 Å². The number of benzene rings is 2. The number of amides is 2. The van der Waals surface area contributed by atoms with E-state index in [9.17, 15) is 14.0 Å². The minimum Gasteiger partial charge on any atom is -0.355 e. The summed E-state index contributed by atoms with van der Waals surface area (Å²) >= 11 is 0. The summed E-state index contributed by atoms with van der Waals surface area (Å²) in [7, 11) is 0. The van der Waals surface area contributed by atoms with Crippen LogP contribution < -0.4 is 10.6 Å². The lowest BCUT2D eigenvalue weighted by Crippen LogP contribution is -2.29. The summed E-state index contributed by atoms with van der Waals surface area (Å²) in [5, 5.41) is 5.17. The normalized spacial score (nSPS) is 10.2. The number of hydrogen-bond donors (Lipinski definition) is 2. The van der Waals surface area contributed by atoms with E-state index < -0.39 is 5.82 Å². The lowest BCUT2D eigenvalue weighted by molar-refractivity contribution is -0.120. The molecule has 0 aliphatic rings. The number of halogens is 1. The average molecular weight is 314 g/mol. The summed E-state index contributed by atoms with van der Waals surface area (Å²) in [4.78, 5) is 23.5. The second-order valence-electron chi connectivity index (χ2n) is 5.29. The molecule has 5 heteroatoms. The van der Waals surface area contributed by atoms with Crippen LogP contribution in [-0.2, 0) is 16.0 Å². The summed E-state index contributed by atoms with van der Waals surface area (Å²) in [6.07, 6.45) is 0.364. The molecule has 2 N–H and O–H groups in total. The molecular formula is C18H19FN2O2. The molecule has 0 aliphatic carbocycles. The predicted molar refractivity (Wildman–Crippen MR) is 87.5 cm³/mol. The highest BCUT2D eigenvalue weighted by molar-refractivity contribution is 5.91. The lowest BCUT2D eigenvalue weighted by atomic mass is 10.1. The maximum Gasteiger partial charge on any atom is 0.226 e. The number of rotatable bonds is 6. The Morgan fingerprint density at radius 1 is 1.04 bits per heavy atom. The van der Waals surface area contributed by atoms with Crippen LogP contribution in [0.2, 0.25) is 0 Å². The van der Waals surface area contributed by atoms with E-state index in [2.05, 4.69) is 10.6 Å². The molecule has 0 fully saturated rings. The van der Waals surface area contributed by atoms with Gasteiger partial charge in [-0.3, -0.25) is 9.59 Å². The third-order valence-electron chi connectivity index (χ3n) is 3.28. The quantitative estimate of drug-likeness (QED) is 0.861. The monoisotopic (exact) mass is 314 g/mol. The van der Waals surface area contributed by atoms with Gasteiger partial charge in [0.2, 0.25) is 11.8 Å². The highest BCUT2D eigenvalue weighted by Gasteiger charge is 2.08. The third-order valence-corrected chi connectivity index (χ3v) is 3.28. The van der Waals surface area contributed by atoms with Gasteiger partial charge < -0.3 is 10.6 Å². The van der Waals surface area contributed by atoms with Crippen LogP contribution in [0.25, 0.3) is 0 Å². The molecule has 0 bridgehead atoms. The summed E-state index contributed by atoms with van der Waals surface area (Å²) in [5.74, 6) is -0.954. The Kier molecular flexibility index (Phi) is 5.86. The van der Waals surface area contributed by atoms with Gasteiger partial charge in [-0.15, -0.1) is 0 Å². The van der Waals surface area contributed by atoms with E-state index >= 15 is 0 Å². The Balaban J connectivity index is 1.73. The summed E-state index contributed by atoms with van der Waals surface area (Å²) in [5.41, 5.74) is 1.85. The molecule has 2 amide bonds. The van der Waals surface area contributed by atoms with E-state index in [-0.39, 0.29) is 36.9 Å². The van der Waals surface area contributed by atoms with Crippen molar-refractivity contribution in [3.05, 3.63) is 65.5 Å². The minimum absolute atomic E-state index is 0.0911. The second kappa shape index (κ2) is 8.08. The smallest absolute Gasteiger partial charge is 0.226 e. The summed E-state index contributed by atoms with van der Waals surface area (Å²) in [6, 6.07) is 14.0. The van der Waals surface area contributed by atoms with Crippen molar-refractivity contribution in [2.24, 2.45) is 0 Å². The third kappa shape index (κ3) is 5.54. The molecular weight excluding hydrogens is 295 g/mol. The SMILES string of the molecule is Cc1ccc(NC(=O)CCNC(=O)Cc2ccccc2)c(F)c1. The standard InChI is InChI=1S/C18H19FN2O2/c1-13-7-8-16(15(19)11-13)21-17(22)9-10-20-18(23)12-14-5-3-2-4-6-14/h2-8,11H,9-10,12H2,1H3,(H,20,23)(H,21,22). The zero-order valence-electron chi connectivity index (χ0n) is 12.9. The van der Waals surface area contributed by atoms with Gasteiger partial charge in [-0.2, -0.15) is 0 Å². The predicted octanol–water partition coefficient (Wildman–Crippen LogP) is 2.82. The first-order chi connectivity index (χ1) is 11.0. The van der Waals surface area contributed by atoms with Gasteiger partial charge in [-0.05, 0) is 30.2 Å². The molecule has 2 rings (SSSR count). The number of anilines is 1. The molecule has 0 aromatic heterocycles. The van der Waals surface area contributed by atoms with Crippen molar-refractivity contribution in [1.82, 2.24) is 5.32 Å². The molecule has 0 radical (unpaired) electrons. The Bertz CT molecular complexity index is 687. The van der Waals surface area contributed by atoms with Crippen LogP contribution in [0, 0.1) is 12.7 Å². The van der Waals surface area contributed by atoms with E-state index in [4.69, 9.17) is 0 Å². The van der Waals surface area contributed by atoms with Gasteiger partial charge in [0.1, 0.15) is 5.82 Å². The first-order valence-corrected chi connectivity index (χ1v) is 7.41. The molecule has 23 heavy (non-hydrogen) atoms. The van der Waals surface area contributed by atoms with Gasteiger partial charge in [0.25, 0.3) is 0 Å². The Morgan fingerprint density at radius 2 is 1.78 bits per heavy atom. The van der Waals surface area contributed by atoms with Gasteiger partial charge in [-0.1, -0.05) is 36.4 Å². The van der Waals surface area contributed by atoms with Gasteiger partial charge >= 0.3 is 0 Å². The molecule has 0 spiro atoms. The number of hydrogen-bond acceptors (Lipinski definition) is 2. The fraction of sp³-hybridized carbons (Fsp3) is 0.222. The summed E-state index contributed by atoms with van der Waals surface area (Å²) in [6.45, 7) is 1.99. The van der Waals surface area contributed by atoms with Crippen molar-refractivity contribution < 1.29 is 14.0 Å². The van der Waals surface area contributed by atoms with Crippen molar-refractivity contribution in [2.45, 2.75) is 19.8 Å². The molecule has 2 aromatic carbocycles. The van der Waals surface area contributed by atoms with E-state index in [1.807, 2.05) is 30.3 Å². The fourth-order valence-electron chi connectivity index (χ4n) is 2.09. The Morgan fingerprint density at radius 3 is 2.48 bits per heavy atom. The maximum absolute atomic E-state index is 13.6. The molecule has 0 heterocycles. The van der Waals surface area contributed by atoms with Gasteiger partial charge in [-0.25, -0.2) is 4.39 Å². The molecule has 4 nitrogen and oxygen atoms in total. The maximum atomic E-state index is 13.6. The minimum atomic E-state index is -0.466. The number of carbonyl (C=O) groups excluding carboxylic acids is 2. The van der Waals surface area contributed by atoms with Crippen LogP contribution in [0.1, 0.15) is 17.5 Å². The first kappa shape index (κ1) is 16.7. The zero-order chi connectivity index (χ0) is 16.7. The van der Waals surface area contributed by atoms with Crippen LogP contribution in [0.15, 0.2) is 48.5 Å². The van der Waals surface area contributed by atoms with Gasteiger partial charge in [0.15, 0.2) is 0 Å². The molecule has 0 saturated carbocycles. The van der Waals surface area contributed by atoms with E-state index in [0.29, 0.717) is 0 Å². The number of carbonyl (C=O) groups is 2. The van der Waals surface area contributed by atoms with Crippen LogP contribution in [0.4, 0.5) is 10.1 Å². The zero-order valence-corrected chi connectivity index (χ0v) is 12.9. The lowest BCUT2D eigenvalue weighted by Gasteiger charge is -2.08. The van der Waals surface area contributed by atoms with Crippen molar-refractivity contribution in [1.29, 1.82) is 0 Å². The highest BCUT2D eigenvalue weighted by Crippen LogP contribution is 2.15. The van der Waals surface area contributed by atoms with E-state index in [1.165, 1.54) is 12.1 Å². The second-order valence-corrected chi connectivity index (χ2v) is 5.29. The van der Waals surface area contributed by atoms with Gasteiger partial charge in [0, 0.05) is 13.0 Å². The van der Waals surface area contributed by atoms with Crippen LogP contribution in [0.3, 0.4) is 0 Å². The molecule has 120 valence electrons. The van der Waals surface area contributed by atoms with E-state index in [0.717, 1.165) is 11.1 Å². The fourth-order valence-corrected chi connectivity index (χ4v) is 2.09. The molecule has 0 aliphatic heterocycles. The molecule has 0 saturated heterocycles. The van der Waals surface area contributed by atoms with Crippen LogP contribution >= 0.6 is 0 Å². The largest absolute Gasteiger partial charge is 0.355 e.